The van der Waals surface area contributed by atoms with Gasteiger partial charge in [-0.15, -0.1) is 0 Å². The molecule has 0 radical (unpaired) electrons. The molecule has 0 spiro atoms. The zero-order valence-corrected chi connectivity index (χ0v) is 22.1. The number of nitrogens with zero attached hydrogens (tertiary/aromatic N) is 1. The first-order chi connectivity index (χ1) is 19.2. The third-order valence-corrected chi connectivity index (χ3v) is 6.94. The van der Waals surface area contributed by atoms with E-state index in [1.165, 1.54) is 36.5 Å². The van der Waals surface area contributed by atoms with Crippen LogP contribution in [0.15, 0.2) is 72.9 Å². The number of aromatic nitrogens is 1. The molecule has 40 heavy (non-hydrogen) atoms. The van der Waals surface area contributed by atoms with Crippen molar-refractivity contribution >= 4 is 22.8 Å². The standard InChI is InChI=1S/C32H29F3N2O3/c1-2-3-15-36-30(38)22-11-9-21(10-12-22)24-17-26-25(16-20-7-5-4-6-8-20)27(31(39)40-23-13-14-23)19-37-29(26)18-28(24)32(33,34)35/h4-12,17-19,23H,2-3,13-16H2,1H3,(H,36,38). The maximum Gasteiger partial charge on any atom is 0.417 e. The number of rotatable bonds is 9. The lowest BCUT2D eigenvalue weighted by Gasteiger charge is -2.18. The number of amides is 1. The molecule has 1 heterocycles. The van der Waals surface area contributed by atoms with Gasteiger partial charge >= 0.3 is 12.1 Å². The number of hydrogen-bond donors (Lipinski definition) is 1. The number of esters is 1. The highest BCUT2D eigenvalue weighted by Gasteiger charge is 2.35. The largest absolute Gasteiger partial charge is 0.459 e. The van der Waals surface area contributed by atoms with Crippen molar-refractivity contribution in [1.82, 2.24) is 10.3 Å². The Kier molecular flexibility index (Phi) is 7.87. The van der Waals surface area contributed by atoms with Crippen molar-refractivity contribution in [2.75, 3.05) is 6.54 Å². The summed E-state index contributed by atoms with van der Waals surface area (Å²) in [4.78, 5) is 29.7. The van der Waals surface area contributed by atoms with E-state index < -0.39 is 17.7 Å². The fourth-order valence-corrected chi connectivity index (χ4v) is 4.62. The van der Waals surface area contributed by atoms with Crippen LogP contribution in [0.5, 0.6) is 0 Å². The Morgan fingerprint density at radius 2 is 1.75 bits per heavy atom. The Hall–Kier alpha value is -4.20. The van der Waals surface area contributed by atoms with Gasteiger partial charge in [0.25, 0.3) is 5.91 Å². The van der Waals surface area contributed by atoms with Crippen LogP contribution in [0.1, 0.15) is 70.0 Å². The highest BCUT2D eigenvalue weighted by atomic mass is 19.4. The summed E-state index contributed by atoms with van der Waals surface area (Å²) >= 11 is 0. The van der Waals surface area contributed by atoms with Gasteiger partial charge in [0.2, 0.25) is 0 Å². The van der Waals surface area contributed by atoms with E-state index in [4.69, 9.17) is 4.74 Å². The van der Waals surface area contributed by atoms with Crippen LogP contribution in [0.2, 0.25) is 0 Å². The van der Waals surface area contributed by atoms with Gasteiger partial charge in [-0.25, -0.2) is 4.79 Å². The molecule has 5 rings (SSSR count). The van der Waals surface area contributed by atoms with E-state index >= 15 is 0 Å². The Morgan fingerprint density at radius 1 is 1.02 bits per heavy atom. The van der Waals surface area contributed by atoms with Crippen molar-refractivity contribution in [2.45, 2.75) is 51.3 Å². The Morgan fingerprint density at radius 3 is 2.40 bits per heavy atom. The van der Waals surface area contributed by atoms with E-state index in [9.17, 15) is 22.8 Å². The Labute approximate surface area is 230 Å². The van der Waals surface area contributed by atoms with Gasteiger partial charge in [0.05, 0.1) is 16.6 Å². The Bertz CT molecular complexity index is 1530. The maximum absolute atomic E-state index is 14.3. The number of alkyl halides is 3. The van der Waals surface area contributed by atoms with Gasteiger partial charge in [0, 0.05) is 23.7 Å². The van der Waals surface area contributed by atoms with Gasteiger partial charge in [0.15, 0.2) is 0 Å². The second-order valence-corrected chi connectivity index (χ2v) is 10.0. The second kappa shape index (κ2) is 11.5. The minimum atomic E-state index is -4.65. The summed E-state index contributed by atoms with van der Waals surface area (Å²) in [7, 11) is 0. The average Bonchev–Trinajstić information content (AvgIpc) is 3.77. The molecule has 1 aliphatic carbocycles. The monoisotopic (exact) mass is 546 g/mol. The van der Waals surface area contributed by atoms with Crippen LogP contribution in [0, 0.1) is 0 Å². The molecule has 0 unspecified atom stereocenters. The molecule has 1 N–H and O–H groups in total. The Balaban J connectivity index is 1.62. The number of carbonyl (C=O) groups is 2. The van der Waals surface area contributed by atoms with Gasteiger partial charge < -0.3 is 10.1 Å². The molecule has 3 aromatic carbocycles. The van der Waals surface area contributed by atoms with Crippen LogP contribution in [-0.2, 0) is 17.3 Å². The summed E-state index contributed by atoms with van der Waals surface area (Å²) in [5.41, 5.74) is 1.61. The number of ether oxygens (including phenoxy) is 1. The molecule has 206 valence electrons. The summed E-state index contributed by atoms with van der Waals surface area (Å²) < 4.78 is 48.4. The summed E-state index contributed by atoms with van der Waals surface area (Å²) in [6, 6.07) is 18.0. The third kappa shape index (κ3) is 6.17. The van der Waals surface area contributed by atoms with Crippen molar-refractivity contribution in [3.8, 4) is 11.1 Å². The summed E-state index contributed by atoms with van der Waals surface area (Å²) in [6.45, 7) is 2.55. The van der Waals surface area contributed by atoms with E-state index in [0.29, 0.717) is 35.0 Å². The number of halogens is 3. The second-order valence-electron chi connectivity index (χ2n) is 10.0. The van der Waals surface area contributed by atoms with Crippen LogP contribution < -0.4 is 5.32 Å². The van der Waals surface area contributed by atoms with Crippen molar-refractivity contribution in [3.05, 3.63) is 101 Å². The molecule has 0 atom stereocenters. The topological polar surface area (TPSA) is 68.3 Å². The van der Waals surface area contributed by atoms with Gasteiger partial charge in [0.1, 0.15) is 6.10 Å². The van der Waals surface area contributed by atoms with Gasteiger partial charge in [-0.1, -0.05) is 55.8 Å². The summed E-state index contributed by atoms with van der Waals surface area (Å²) in [5, 5.41) is 3.26. The lowest BCUT2D eigenvalue weighted by Crippen LogP contribution is -2.24. The van der Waals surface area contributed by atoms with E-state index in [-0.39, 0.29) is 28.7 Å². The molecular formula is C32H29F3N2O3. The van der Waals surface area contributed by atoms with Crippen molar-refractivity contribution < 1.29 is 27.5 Å². The molecule has 1 saturated carbocycles. The molecule has 1 amide bonds. The molecule has 0 saturated heterocycles. The van der Waals surface area contributed by atoms with Crippen molar-refractivity contribution in [3.63, 3.8) is 0 Å². The number of unbranched alkanes of at least 4 members (excludes halogenated alkanes) is 1. The zero-order valence-electron chi connectivity index (χ0n) is 22.1. The number of hydrogen-bond acceptors (Lipinski definition) is 4. The van der Waals surface area contributed by atoms with Crippen LogP contribution in [0.25, 0.3) is 22.0 Å². The molecule has 4 aromatic rings. The fraction of sp³-hybridized carbons (Fsp3) is 0.281. The van der Waals surface area contributed by atoms with E-state index in [1.54, 1.807) is 0 Å². The van der Waals surface area contributed by atoms with Crippen molar-refractivity contribution in [2.24, 2.45) is 0 Å². The van der Waals surface area contributed by atoms with Gasteiger partial charge in [-0.05, 0) is 72.2 Å². The molecule has 1 aromatic heterocycles. The van der Waals surface area contributed by atoms with Crippen molar-refractivity contribution in [1.29, 1.82) is 0 Å². The first-order valence-electron chi connectivity index (χ1n) is 13.4. The first-order valence-corrected chi connectivity index (χ1v) is 13.4. The third-order valence-electron chi connectivity index (χ3n) is 6.94. The highest BCUT2D eigenvalue weighted by molar-refractivity contribution is 5.99. The first kappa shape index (κ1) is 27.4. The number of nitrogens with one attached hydrogen (secondary N) is 1. The normalized spacial score (nSPS) is 13.3. The van der Waals surface area contributed by atoms with Crippen LogP contribution >= 0.6 is 0 Å². The molecule has 1 fully saturated rings. The summed E-state index contributed by atoms with van der Waals surface area (Å²) in [6.07, 6.45) is 0.221. The number of benzene rings is 3. The smallest absolute Gasteiger partial charge is 0.417 e. The molecule has 8 heteroatoms. The lowest BCUT2D eigenvalue weighted by molar-refractivity contribution is -0.137. The zero-order chi connectivity index (χ0) is 28.3. The van der Waals surface area contributed by atoms with E-state index in [0.717, 1.165) is 37.3 Å². The average molecular weight is 547 g/mol. The number of carbonyl (C=O) groups excluding carboxylic acids is 2. The van der Waals surface area contributed by atoms with Gasteiger partial charge in [-0.3, -0.25) is 9.78 Å². The van der Waals surface area contributed by atoms with E-state index in [2.05, 4.69) is 10.3 Å². The highest BCUT2D eigenvalue weighted by Crippen LogP contribution is 2.41. The number of fused-ring (bicyclic) bond motifs is 1. The SMILES string of the molecule is CCCCNC(=O)c1ccc(-c2cc3c(Cc4ccccc4)c(C(=O)OC4CC4)cnc3cc2C(F)(F)F)cc1. The lowest BCUT2D eigenvalue weighted by atomic mass is 9.91. The number of pyridine rings is 1. The minimum absolute atomic E-state index is 0.0539. The molecule has 0 aliphatic heterocycles. The molecule has 5 nitrogen and oxygen atoms in total. The predicted molar refractivity (Wildman–Crippen MR) is 147 cm³/mol. The maximum atomic E-state index is 14.3. The summed E-state index contributed by atoms with van der Waals surface area (Å²) in [5.74, 6) is -0.801. The van der Waals surface area contributed by atoms with Crippen LogP contribution in [0.3, 0.4) is 0 Å². The van der Waals surface area contributed by atoms with Crippen LogP contribution in [-0.4, -0.2) is 29.5 Å². The van der Waals surface area contributed by atoms with Gasteiger partial charge in [-0.2, -0.15) is 13.2 Å². The van der Waals surface area contributed by atoms with E-state index in [1.807, 2.05) is 37.3 Å². The predicted octanol–water partition coefficient (Wildman–Crippen LogP) is 7.36. The minimum Gasteiger partial charge on any atom is -0.459 e. The molecular weight excluding hydrogens is 517 g/mol. The molecule has 0 bridgehead atoms. The molecule has 1 aliphatic rings. The fourth-order valence-electron chi connectivity index (χ4n) is 4.62. The quantitative estimate of drug-likeness (QED) is 0.176. The van der Waals surface area contributed by atoms with Crippen LogP contribution in [0.4, 0.5) is 13.2 Å².